The Labute approximate surface area is 107 Å². The minimum absolute atomic E-state index is 0.0564. The van der Waals surface area contributed by atoms with Crippen LogP contribution in [0.15, 0.2) is 35.7 Å². The summed E-state index contributed by atoms with van der Waals surface area (Å²) in [6.07, 6.45) is 2.09. The predicted molar refractivity (Wildman–Crippen MR) is 69.0 cm³/mol. The predicted octanol–water partition coefficient (Wildman–Crippen LogP) is 0.413. The number of ether oxygens (including phenoxy) is 1. The van der Waals surface area contributed by atoms with Crippen LogP contribution in [-0.2, 0) is 16.4 Å². The maximum atomic E-state index is 11.9. The van der Waals surface area contributed by atoms with Gasteiger partial charge in [0.1, 0.15) is 11.9 Å². The maximum Gasteiger partial charge on any atom is 0.240 e. The average Bonchev–Trinajstić information content (AvgIpc) is 2.78. The van der Waals surface area contributed by atoms with Gasteiger partial charge in [0.15, 0.2) is 0 Å². The van der Waals surface area contributed by atoms with E-state index < -0.39 is 10.0 Å². The van der Waals surface area contributed by atoms with E-state index in [4.69, 9.17) is 10.5 Å². The molecule has 0 aliphatic carbocycles. The van der Waals surface area contributed by atoms with E-state index in [0.29, 0.717) is 18.7 Å². The smallest absolute Gasteiger partial charge is 0.240 e. The highest BCUT2D eigenvalue weighted by Crippen LogP contribution is 2.30. The third kappa shape index (κ3) is 2.55. The van der Waals surface area contributed by atoms with Crippen LogP contribution in [0.3, 0.4) is 0 Å². The van der Waals surface area contributed by atoms with Crippen LogP contribution in [0, 0.1) is 0 Å². The second kappa shape index (κ2) is 5.09. The first-order valence-corrected chi connectivity index (χ1v) is 7.15. The third-order valence-electron chi connectivity index (χ3n) is 2.76. The summed E-state index contributed by atoms with van der Waals surface area (Å²) in [7, 11) is -3.48. The minimum Gasteiger partial charge on any atom is -0.488 e. The fourth-order valence-electron chi connectivity index (χ4n) is 1.85. The molecule has 1 unspecified atom stereocenters. The molecule has 0 saturated heterocycles. The van der Waals surface area contributed by atoms with Crippen LogP contribution in [0.1, 0.15) is 5.56 Å². The fraction of sp³-hybridized carbons (Fsp3) is 0.333. The molecule has 3 N–H and O–H groups in total. The molecule has 98 valence electrons. The Kier molecular flexibility index (Phi) is 3.70. The minimum atomic E-state index is -3.48. The van der Waals surface area contributed by atoms with E-state index >= 15 is 0 Å². The summed E-state index contributed by atoms with van der Waals surface area (Å²) in [5.41, 5.74) is 6.42. The van der Waals surface area contributed by atoms with Crippen LogP contribution >= 0.6 is 0 Å². The summed E-state index contributed by atoms with van der Waals surface area (Å²) in [6.45, 7) is 4.11. The molecular weight excluding hydrogens is 252 g/mol. The molecule has 1 heterocycles. The van der Waals surface area contributed by atoms with Gasteiger partial charge in [0.25, 0.3) is 0 Å². The van der Waals surface area contributed by atoms with E-state index in [0.717, 1.165) is 5.56 Å². The van der Waals surface area contributed by atoms with Gasteiger partial charge in [-0.2, -0.15) is 0 Å². The van der Waals surface area contributed by atoms with Crippen molar-refractivity contribution in [3.63, 3.8) is 0 Å². The Hall–Kier alpha value is -1.37. The van der Waals surface area contributed by atoms with Crippen LogP contribution in [0.2, 0.25) is 0 Å². The molecule has 0 bridgehead atoms. The van der Waals surface area contributed by atoms with Gasteiger partial charge < -0.3 is 10.5 Å². The first-order chi connectivity index (χ1) is 8.56. The van der Waals surface area contributed by atoms with Gasteiger partial charge in [0.2, 0.25) is 10.0 Å². The molecule has 5 nitrogen and oxygen atoms in total. The van der Waals surface area contributed by atoms with Crippen molar-refractivity contribution in [3.8, 4) is 5.75 Å². The second-order valence-electron chi connectivity index (χ2n) is 4.09. The summed E-state index contributed by atoms with van der Waals surface area (Å²) < 4.78 is 31.8. The molecule has 18 heavy (non-hydrogen) atoms. The summed E-state index contributed by atoms with van der Waals surface area (Å²) in [6, 6.07) is 4.84. The van der Waals surface area contributed by atoms with Gasteiger partial charge in [-0.05, 0) is 23.8 Å². The molecule has 2 rings (SSSR count). The number of nitrogens with one attached hydrogen (secondary N) is 1. The van der Waals surface area contributed by atoms with E-state index in [1.807, 2.05) is 0 Å². The van der Waals surface area contributed by atoms with Gasteiger partial charge in [0, 0.05) is 19.5 Å². The van der Waals surface area contributed by atoms with E-state index in [9.17, 15) is 8.42 Å². The van der Waals surface area contributed by atoms with Crippen LogP contribution in [0.4, 0.5) is 0 Å². The van der Waals surface area contributed by atoms with Crippen LogP contribution in [-0.4, -0.2) is 27.6 Å². The van der Waals surface area contributed by atoms with E-state index in [1.54, 1.807) is 12.1 Å². The SMILES string of the molecule is C=CCNS(=O)(=O)c1ccc2c(c1)CC(CN)O2. The number of nitrogens with two attached hydrogens (primary N) is 1. The molecule has 0 radical (unpaired) electrons. The normalized spacial score (nSPS) is 18.2. The van der Waals surface area contributed by atoms with Crippen molar-refractivity contribution >= 4 is 10.0 Å². The first-order valence-electron chi connectivity index (χ1n) is 5.67. The molecule has 0 saturated carbocycles. The van der Waals surface area contributed by atoms with Crippen molar-refractivity contribution in [1.82, 2.24) is 4.72 Å². The van der Waals surface area contributed by atoms with Gasteiger partial charge in [-0.3, -0.25) is 0 Å². The Balaban J connectivity index is 2.25. The van der Waals surface area contributed by atoms with Gasteiger partial charge in [-0.1, -0.05) is 6.08 Å². The quantitative estimate of drug-likeness (QED) is 0.758. The second-order valence-corrected chi connectivity index (χ2v) is 5.86. The van der Waals surface area contributed by atoms with Gasteiger partial charge in [-0.15, -0.1) is 6.58 Å². The molecule has 0 aromatic heterocycles. The highest BCUT2D eigenvalue weighted by Gasteiger charge is 2.24. The number of hydrogen-bond donors (Lipinski definition) is 2. The summed E-state index contributed by atoms with van der Waals surface area (Å²) in [4.78, 5) is 0.240. The lowest BCUT2D eigenvalue weighted by Gasteiger charge is -2.06. The van der Waals surface area contributed by atoms with E-state index in [2.05, 4.69) is 11.3 Å². The zero-order chi connectivity index (χ0) is 13.2. The van der Waals surface area contributed by atoms with Crippen LogP contribution < -0.4 is 15.2 Å². The van der Waals surface area contributed by atoms with Gasteiger partial charge in [-0.25, -0.2) is 13.1 Å². The summed E-state index contributed by atoms with van der Waals surface area (Å²) >= 11 is 0. The topological polar surface area (TPSA) is 81.4 Å². The Morgan fingerprint density at radius 1 is 1.56 bits per heavy atom. The summed E-state index contributed by atoms with van der Waals surface area (Å²) in [5, 5.41) is 0. The molecule has 6 heteroatoms. The summed E-state index contributed by atoms with van der Waals surface area (Å²) in [5.74, 6) is 0.716. The number of rotatable bonds is 5. The van der Waals surface area contributed by atoms with Crippen LogP contribution in [0.5, 0.6) is 5.75 Å². The van der Waals surface area contributed by atoms with E-state index in [1.165, 1.54) is 12.1 Å². The van der Waals surface area contributed by atoms with Gasteiger partial charge in [0.05, 0.1) is 4.90 Å². The zero-order valence-corrected chi connectivity index (χ0v) is 10.7. The van der Waals surface area contributed by atoms with Gasteiger partial charge >= 0.3 is 0 Å². The third-order valence-corrected chi connectivity index (χ3v) is 4.19. The Morgan fingerprint density at radius 3 is 3.00 bits per heavy atom. The van der Waals surface area contributed by atoms with Crippen molar-refractivity contribution in [2.75, 3.05) is 13.1 Å². The number of sulfonamides is 1. The number of hydrogen-bond acceptors (Lipinski definition) is 4. The standard InChI is InChI=1S/C12H16N2O3S/c1-2-5-14-18(15,16)11-3-4-12-9(7-11)6-10(8-13)17-12/h2-4,7,10,14H,1,5-6,8,13H2. The molecule has 1 aliphatic rings. The largest absolute Gasteiger partial charge is 0.488 e. The highest BCUT2D eigenvalue weighted by atomic mass is 32.2. The maximum absolute atomic E-state index is 11.9. The number of fused-ring (bicyclic) bond motifs is 1. The van der Waals surface area contributed by atoms with Crippen molar-refractivity contribution in [2.24, 2.45) is 5.73 Å². The molecule has 0 fully saturated rings. The monoisotopic (exact) mass is 268 g/mol. The average molecular weight is 268 g/mol. The molecular formula is C12H16N2O3S. The molecule has 0 spiro atoms. The highest BCUT2D eigenvalue weighted by molar-refractivity contribution is 7.89. The van der Waals surface area contributed by atoms with Crippen molar-refractivity contribution < 1.29 is 13.2 Å². The van der Waals surface area contributed by atoms with Crippen molar-refractivity contribution in [2.45, 2.75) is 17.4 Å². The lowest BCUT2D eigenvalue weighted by molar-refractivity contribution is 0.241. The number of benzene rings is 1. The zero-order valence-electron chi connectivity index (χ0n) is 9.93. The lowest BCUT2D eigenvalue weighted by atomic mass is 10.1. The Bertz CT molecular complexity index is 554. The Morgan fingerprint density at radius 2 is 2.33 bits per heavy atom. The molecule has 1 aromatic carbocycles. The fourth-order valence-corrected chi connectivity index (χ4v) is 2.90. The van der Waals surface area contributed by atoms with Crippen LogP contribution in [0.25, 0.3) is 0 Å². The molecule has 1 atom stereocenters. The van der Waals surface area contributed by atoms with Crippen molar-refractivity contribution in [3.05, 3.63) is 36.4 Å². The van der Waals surface area contributed by atoms with Crippen molar-refractivity contribution in [1.29, 1.82) is 0 Å². The molecule has 1 aliphatic heterocycles. The molecule has 1 aromatic rings. The molecule has 0 amide bonds. The lowest BCUT2D eigenvalue weighted by Crippen LogP contribution is -2.24. The first kappa shape index (κ1) is 13.1. The van der Waals surface area contributed by atoms with E-state index in [-0.39, 0.29) is 17.5 Å².